The minimum absolute atomic E-state index is 0.242. The average molecular weight is 361 g/mol. The van der Waals surface area contributed by atoms with Gasteiger partial charge >= 0.3 is 0 Å². The van der Waals surface area contributed by atoms with Crippen LogP contribution in [0.5, 0.6) is 5.75 Å². The summed E-state index contributed by atoms with van der Waals surface area (Å²) in [6, 6.07) is 11.6. The molecule has 0 amide bonds. The van der Waals surface area contributed by atoms with Crippen LogP contribution in [0.1, 0.15) is 10.6 Å². The summed E-state index contributed by atoms with van der Waals surface area (Å²) < 4.78 is 1.85. The zero-order valence-corrected chi connectivity index (χ0v) is 13.7. The van der Waals surface area contributed by atoms with Crippen molar-refractivity contribution in [2.45, 2.75) is 0 Å². The molecule has 5 heteroatoms. The first-order valence-corrected chi connectivity index (χ1v) is 8.01. The molecule has 21 heavy (non-hydrogen) atoms. The van der Waals surface area contributed by atoms with E-state index in [1.165, 1.54) is 4.70 Å². The largest absolute Gasteiger partial charge is 0.507 e. The fraction of sp³-hybridized carbons (Fsp3) is 0.0625. The van der Waals surface area contributed by atoms with E-state index in [9.17, 15) is 5.11 Å². The summed E-state index contributed by atoms with van der Waals surface area (Å²) in [4.78, 5) is 4.61. The van der Waals surface area contributed by atoms with Gasteiger partial charge in [-0.05, 0) is 57.9 Å². The number of aromatic hydroxyl groups is 1. The molecular formula is C16H13BrN2OS. The molecule has 0 aliphatic heterocycles. The Balaban J connectivity index is 1.90. The van der Waals surface area contributed by atoms with Gasteiger partial charge in [0, 0.05) is 12.7 Å². The van der Waals surface area contributed by atoms with E-state index in [0.717, 1.165) is 21.8 Å². The Hall–Kier alpha value is -1.85. The lowest BCUT2D eigenvalue weighted by Gasteiger charge is -1.97. The topological polar surface area (TPSA) is 45.1 Å². The molecule has 0 aliphatic carbocycles. The van der Waals surface area contributed by atoms with Crippen LogP contribution in [0.15, 0.2) is 40.9 Å². The number of phenols is 1. The number of nitrogens with one attached hydrogen (secondary N) is 1. The van der Waals surface area contributed by atoms with Crippen LogP contribution in [0.3, 0.4) is 0 Å². The Kier molecular flexibility index (Phi) is 3.94. The molecule has 1 aromatic heterocycles. The van der Waals surface area contributed by atoms with Crippen LogP contribution in [-0.4, -0.2) is 17.1 Å². The lowest BCUT2D eigenvalue weighted by Crippen LogP contribution is -1.85. The van der Waals surface area contributed by atoms with E-state index in [1.807, 2.05) is 43.5 Å². The lowest BCUT2D eigenvalue weighted by molar-refractivity contribution is 0.472. The second-order valence-electron chi connectivity index (χ2n) is 4.53. The third kappa shape index (κ3) is 3.09. The maximum atomic E-state index is 9.49. The SMILES string of the molecule is CNc1ccc2sc(C=Cc3ccc(O)c(Br)c3)nc2c1. The molecule has 2 N–H and O–H groups in total. The standard InChI is InChI=1S/C16H13BrN2OS/c1-18-11-4-6-15-13(9-11)19-16(21-15)7-3-10-2-5-14(20)12(17)8-10/h2-9,18,20H,1H3. The Morgan fingerprint density at radius 2 is 2.05 bits per heavy atom. The van der Waals surface area contributed by atoms with Gasteiger partial charge in [0.05, 0.1) is 14.7 Å². The molecule has 2 aromatic carbocycles. The van der Waals surface area contributed by atoms with E-state index in [4.69, 9.17) is 0 Å². The summed E-state index contributed by atoms with van der Waals surface area (Å²) in [6.07, 6.45) is 3.98. The number of fused-ring (bicyclic) bond motifs is 1. The number of benzene rings is 2. The van der Waals surface area contributed by atoms with Crippen LogP contribution in [0.4, 0.5) is 5.69 Å². The highest BCUT2D eigenvalue weighted by Crippen LogP contribution is 2.27. The summed E-state index contributed by atoms with van der Waals surface area (Å²) >= 11 is 4.97. The van der Waals surface area contributed by atoms with Crippen LogP contribution in [0, 0.1) is 0 Å². The van der Waals surface area contributed by atoms with Gasteiger partial charge < -0.3 is 10.4 Å². The van der Waals surface area contributed by atoms with E-state index < -0.39 is 0 Å². The van der Waals surface area contributed by atoms with Gasteiger partial charge in [-0.1, -0.05) is 12.1 Å². The van der Waals surface area contributed by atoms with Gasteiger partial charge in [-0.3, -0.25) is 0 Å². The summed E-state index contributed by atoms with van der Waals surface area (Å²) in [5.74, 6) is 0.242. The molecular weight excluding hydrogens is 348 g/mol. The number of thiazole rings is 1. The molecule has 106 valence electrons. The Morgan fingerprint density at radius 3 is 2.81 bits per heavy atom. The molecule has 0 atom stereocenters. The number of anilines is 1. The number of halogens is 1. The summed E-state index contributed by atoms with van der Waals surface area (Å²) in [5, 5.41) is 13.6. The van der Waals surface area contributed by atoms with Crippen LogP contribution in [0.2, 0.25) is 0 Å². The van der Waals surface area contributed by atoms with Gasteiger partial charge in [-0.15, -0.1) is 11.3 Å². The third-order valence-electron chi connectivity index (χ3n) is 3.08. The normalized spacial score (nSPS) is 11.3. The van der Waals surface area contributed by atoms with Gasteiger partial charge in [0.2, 0.25) is 0 Å². The second-order valence-corrected chi connectivity index (χ2v) is 6.45. The fourth-order valence-electron chi connectivity index (χ4n) is 1.97. The van der Waals surface area contributed by atoms with Crippen molar-refractivity contribution in [1.82, 2.24) is 4.98 Å². The van der Waals surface area contributed by atoms with E-state index in [2.05, 4.69) is 32.3 Å². The van der Waals surface area contributed by atoms with E-state index in [0.29, 0.717) is 4.47 Å². The van der Waals surface area contributed by atoms with Gasteiger partial charge in [0.1, 0.15) is 10.8 Å². The predicted octanol–water partition coefficient (Wildman–Crippen LogP) is 4.98. The molecule has 0 spiro atoms. The van der Waals surface area contributed by atoms with E-state index in [1.54, 1.807) is 17.4 Å². The van der Waals surface area contributed by atoms with Gasteiger partial charge in [0.25, 0.3) is 0 Å². The van der Waals surface area contributed by atoms with Crippen molar-refractivity contribution in [3.05, 3.63) is 51.4 Å². The van der Waals surface area contributed by atoms with Crippen molar-refractivity contribution in [1.29, 1.82) is 0 Å². The van der Waals surface area contributed by atoms with Crippen molar-refractivity contribution in [2.24, 2.45) is 0 Å². The summed E-state index contributed by atoms with van der Waals surface area (Å²) in [5.41, 5.74) is 3.07. The zero-order chi connectivity index (χ0) is 14.8. The van der Waals surface area contributed by atoms with Gasteiger partial charge in [-0.2, -0.15) is 0 Å². The number of hydrogen-bond donors (Lipinski definition) is 2. The molecule has 0 unspecified atom stereocenters. The minimum atomic E-state index is 0.242. The third-order valence-corrected chi connectivity index (χ3v) is 4.72. The zero-order valence-electron chi connectivity index (χ0n) is 11.3. The van der Waals surface area contributed by atoms with E-state index >= 15 is 0 Å². The van der Waals surface area contributed by atoms with Crippen LogP contribution < -0.4 is 5.32 Å². The molecule has 0 fully saturated rings. The van der Waals surface area contributed by atoms with Crippen molar-refractivity contribution >= 4 is 55.3 Å². The fourth-order valence-corrected chi connectivity index (χ4v) is 3.21. The second kappa shape index (κ2) is 5.87. The summed E-state index contributed by atoms with van der Waals surface area (Å²) in [6.45, 7) is 0. The molecule has 3 rings (SSSR count). The molecule has 0 radical (unpaired) electrons. The van der Waals surface area contributed by atoms with Crippen LogP contribution in [0.25, 0.3) is 22.4 Å². The number of hydrogen-bond acceptors (Lipinski definition) is 4. The van der Waals surface area contributed by atoms with E-state index in [-0.39, 0.29) is 5.75 Å². The Morgan fingerprint density at radius 1 is 1.19 bits per heavy atom. The quantitative estimate of drug-likeness (QED) is 0.692. The number of phenolic OH excluding ortho intramolecular Hbond substituents is 1. The maximum absolute atomic E-state index is 9.49. The number of rotatable bonds is 3. The molecule has 3 nitrogen and oxygen atoms in total. The molecule has 3 aromatic rings. The minimum Gasteiger partial charge on any atom is -0.507 e. The molecule has 0 saturated carbocycles. The first-order chi connectivity index (χ1) is 10.2. The first-order valence-electron chi connectivity index (χ1n) is 6.40. The van der Waals surface area contributed by atoms with Crippen molar-refractivity contribution in [3.63, 3.8) is 0 Å². The molecule has 1 heterocycles. The van der Waals surface area contributed by atoms with Crippen molar-refractivity contribution in [3.8, 4) is 5.75 Å². The van der Waals surface area contributed by atoms with Gasteiger partial charge in [-0.25, -0.2) is 4.98 Å². The van der Waals surface area contributed by atoms with Crippen molar-refractivity contribution < 1.29 is 5.11 Å². The average Bonchev–Trinajstić information content (AvgIpc) is 2.90. The van der Waals surface area contributed by atoms with Crippen LogP contribution in [-0.2, 0) is 0 Å². The molecule has 0 aliphatic rings. The van der Waals surface area contributed by atoms with Crippen molar-refractivity contribution in [2.75, 3.05) is 12.4 Å². The highest BCUT2D eigenvalue weighted by Gasteiger charge is 2.02. The highest BCUT2D eigenvalue weighted by molar-refractivity contribution is 9.10. The molecule has 0 saturated heterocycles. The smallest absolute Gasteiger partial charge is 0.129 e. The van der Waals surface area contributed by atoms with Crippen LogP contribution >= 0.6 is 27.3 Å². The summed E-state index contributed by atoms with van der Waals surface area (Å²) in [7, 11) is 1.90. The number of aromatic nitrogens is 1. The van der Waals surface area contributed by atoms with Gasteiger partial charge in [0.15, 0.2) is 0 Å². The Bertz CT molecular complexity index is 826. The Labute approximate surface area is 135 Å². The predicted molar refractivity (Wildman–Crippen MR) is 93.9 cm³/mol. The monoisotopic (exact) mass is 360 g/mol. The highest BCUT2D eigenvalue weighted by atomic mass is 79.9. The first kappa shape index (κ1) is 14.1. The maximum Gasteiger partial charge on any atom is 0.129 e. The number of nitrogens with zero attached hydrogens (tertiary/aromatic N) is 1. The lowest BCUT2D eigenvalue weighted by atomic mass is 10.2. The molecule has 0 bridgehead atoms.